The Labute approximate surface area is 184 Å². The maximum atomic E-state index is 13.9. The first kappa shape index (κ1) is 23.4. The normalized spacial score (nSPS) is 10.8. The molecule has 0 radical (unpaired) electrons. The van der Waals surface area contributed by atoms with Crippen molar-refractivity contribution >= 4 is 42.8 Å². The van der Waals surface area contributed by atoms with Gasteiger partial charge in [0, 0.05) is 23.7 Å². The van der Waals surface area contributed by atoms with Crippen LogP contribution in [0, 0.1) is 17.5 Å². The highest BCUT2D eigenvalue weighted by molar-refractivity contribution is 7.27. The number of carbonyl (C=O) groups is 3. The van der Waals surface area contributed by atoms with Gasteiger partial charge in [0.1, 0.15) is 6.61 Å². The van der Waals surface area contributed by atoms with Crippen LogP contribution in [0.1, 0.15) is 23.2 Å². The molecule has 0 saturated heterocycles. The number of hydrogen-bond acceptors (Lipinski definition) is 4. The molecule has 1 unspecified atom stereocenters. The maximum Gasteiger partial charge on any atom is 0.220 e. The molecule has 3 aromatic rings. The van der Waals surface area contributed by atoms with E-state index < -0.39 is 48.0 Å². The van der Waals surface area contributed by atoms with Crippen molar-refractivity contribution in [3.8, 4) is 5.75 Å². The zero-order chi connectivity index (χ0) is 23.3. The second kappa shape index (κ2) is 10.4. The Kier molecular flexibility index (Phi) is 7.59. The Morgan fingerprint density at radius 3 is 2.44 bits per heavy atom. The summed E-state index contributed by atoms with van der Waals surface area (Å²) in [5.74, 6) is -6.44. The second-order valence-electron chi connectivity index (χ2n) is 6.96. The van der Waals surface area contributed by atoms with Crippen LogP contribution < -0.4 is 15.4 Å². The summed E-state index contributed by atoms with van der Waals surface area (Å²) in [5.41, 5.74) is 0.507. The lowest BCUT2D eigenvalue weighted by Crippen LogP contribution is -2.32. The van der Waals surface area contributed by atoms with E-state index in [1.165, 1.54) is 0 Å². The third-order valence-corrected chi connectivity index (χ3v) is 5.09. The predicted molar refractivity (Wildman–Crippen MR) is 117 cm³/mol. The van der Waals surface area contributed by atoms with Crippen LogP contribution >= 0.6 is 9.24 Å². The summed E-state index contributed by atoms with van der Waals surface area (Å²) in [6.45, 7) is -1.23. The Balaban J connectivity index is 1.48. The standard InChI is InChI=1S/C23H19F3NO4P/c24-17-10-19(32)22(26)23(21(17)25)31-12-14(28)11-27-20(30)9-8-18(29)16-7-3-5-13-4-1-2-6-15(13)16/h1-7,10H,8-9,11-12,32H2,(H,27,30). The van der Waals surface area contributed by atoms with Gasteiger partial charge in [-0.2, -0.15) is 4.39 Å². The van der Waals surface area contributed by atoms with E-state index in [9.17, 15) is 27.6 Å². The number of amides is 1. The minimum absolute atomic E-state index is 0.0544. The molecule has 5 nitrogen and oxygen atoms in total. The Morgan fingerprint density at radius 1 is 0.938 bits per heavy atom. The molecule has 0 aliphatic carbocycles. The molecule has 0 aliphatic rings. The molecule has 0 spiro atoms. The van der Waals surface area contributed by atoms with Crippen molar-refractivity contribution in [3.63, 3.8) is 0 Å². The van der Waals surface area contributed by atoms with E-state index in [1.54, 1.807) is 12.1 Å². The van der Waals surface area contributed by atoms with Crippen molar-refractivity contribution in [2.75, 3.05) is 13.2 Å². The fraction of sp³-hybridized carbons (Fsp3) is 0.174. The molecule has 0 saturated carbocycles. The van der Waals surface area contributed by atoms with Gasteiger partial charge in [0.05, 0.1) is 6.54 Å². The minimum Gasteiger partial charge on any atom is -0.480 e. The van der Waals surface area contributed by atoms with Gasteiger partial charge in [0.15, 0.2) is 29.0 Å². The molecule has 1 atom stereocenters. The summed E-state index contributed by atoms with van der Waals surface area (Å²) in [4.78, 5) is 36.4. The van der Waals surface area contributed by atoms with E-state index in [4.69, 9.17) is 4.74 Å². The molecule has 3 aromatic carbocycles. The van der Waals surface area contributed by atoms with Crippen LogP contribution in [0.5, 0.6) is 5.75 Å². The monoisotopic (exact) mass is 461 g/mol. The fourth-order valence-corrected chi connectivity index (χ4v) is 3.32. The number of Topliss-reactive ketones (excluding diaryl/α,β-unsaturated/α-hetero) is 2. The van der Waals surface area contributed by atoms with Crippen molar-refractivity contribution in [1.29, 1.82) is 0 Å². The molecular formula is C23H19F3NO4P. The Hall–Kier alpha value is -3.25. The van der Waals surface area contributed by atoms with Crippen molar-refractivity contribution in [2.45, 2.75) is 12.8 Å². The van der Waals surface area contributed by atoms with Gasteiger partial charge in [0.2, 0.25) is 11.7 Å². The summed E-state index contributed by atoms with van der Waals surface area (Å²) < 4.78 is 45.6. The number of nitrogens with one attached hydrogen (secondary N) is 1. The predicted octanol–water partition coefficient (Wildman–Crippen LogP) is 3.48. The van der Waals surface area contributed by atoms with Gasteiger partial charge in [-0.1, -0.05) is 42.5 Å². The number of carbonyl (C=O) groups excluding carboxylic acids is 3. The summed E-state index contributed by atoms with van der Waals surface area (Å²) in [7, 11) is 1.89. The van der Waals surface area contributed by atoms with Gasteiger partial charge in [-0.3, -0.25) is 14.4 Å². The van der Waals surface area contributed by atoms with Gasteiger partial charge in [0.25, 0.3) is 0 Å². The SMILES string of the molecule is O=C(CNC(=O)CCC(=O)c1cccc2ccccc12)COc1c(F)c(F)cc(P)c1F. The molecule has 0 bridgehead atoms. The number of fused-ring (bicyclic) bond motifs is 1. The smallest absolute Gasteiger partial charge is 0.220 e. The quantitative estimate of drug-likeness (QED) is 0.301. The van der Waals surface area contributed by atoms with E-state index in [0.29, 0.717) is 11.6 Å². The summed E-state index contributed by atoms with van der Waals surface area (Å²) in [5, 5.41) is 3.77. The van der Waals surface area contributed by atoms with E-state index in [2.05, 4.69) is 5.32 Å². The molecule has 1 N–H and O–H groups in total. The molecule has 3 rings (SSSR count). The molecule has 32 heavy (non-hydrogen) atoms. The average Bonchev–Trinajstić information content (AvgIpc) is 2.79. The van der Waals surface area contributed by atoms with E-state index >= 15 is 0 Å². The molecule has 1 amide bonds. The molecule has 0 fully saturated rings. The highest BCUT2D eigenvalue weighted by Crippen LogP contribution is 2.24. The highest BCUT2D eigenvalue weighted by Gasteiger charge is 2.20. The van der Waals surface area contributed by atoms with Gasteiger partial charge in [-0.05, 0) is 16.8 Å². The summed E-state index contributed by atoms with van der Waals surface area (Å²) in [6.07, 6.45) is -0.194. The van der Waals surface area contributed by atoms with E-state index in [-0.39, 0.29) is 23.9 Å². The van der Waals surface area contributed by atoms with Crippen LogP contribution in [0.15, 0.2) is 48.5 Å². The van der Waals surface area contributed by atoms with Gasteiger partial charge < -0.3 is 10.1 Å². The minimum atomic E-state index is -1.54. The molecule has 9 heteroatoms. The fourth-order valence-electron chi connectivity index (χ4n) is 3.05. The highest BCUT2D eigenvalue weighted by atomic mass is 31.0. The summed E-state index contributed by atoms with van der Waals surface area (Å²) in [6, 6.07) is 13.4. The maximum absolute atomic E-state index is 13.9. The van der Waals surface area contributed by atoms with Gasteiger partial charge >= 0.3 is 0 Å². The molecule has 0 aliphatic heterocycles. The molecule has 0 aromatic heterocycles. The number of rotatable bonds is 9. The molecule has 0 heterocycles. The third-order valence-electron chi connectivity index (χ3n) is 4.67. The van der Waals surface area contributed by atoms with Crippen molar-refractivity contribution in [3.05, 3.63) is 71.5 Å². The largest absolute Gasteiger partial charge is 0.480 e. The second-order valence-corrected chi connectivity index (χ2v) is 7.58. The lowest BCUT2D eigenvalue weighted by atomic mass is 9.99. The lowest BCUT2D eigenvalue weighted by molar-refractivity contribution is -0.126. The molecular weight excluding hydrogens is 442 g/mol. The van der Waals surface area contributed by atoms with Crippen LogP contribution in [0.3, 0.4) is 0 Å². The topological polar surface area (TPSA) is 72.5 Å². The first-order chi connectivity index (χ1) is 15.3. The number of hydrogen-bond donors (Lipinski definition) is 1. The van der Waals surface area contributed by atoms with Crippen molar-refractivity contribution in [2.24, 2.45) is 0 Å². The van der Waals surface area contributed by atoms with Crippen molar-refractivity contribution in [1.82, 2.24) is 5.32 Å². The van der Waals surface area contributed by atoms with Crippen LogP contribution in [-0.4, -0.2) is 30.6 Å². The van der Waals surface area contributed by atoms with Crippen molar-refractivity contribution < 1.29 is 32.3 Å². The van der Waals surface area contributed by atoms with Gasteiger partial charge in [-0.25, -0.2) is 8.78 Å². The third kappa shape index (κ3) is 5.51. The van der Waals surface area contributed by atoms with Gasteiger partial charge in [-0.15, -0.1) is 9.24 Å². The van der Waals surface area contributed by atoms with Crippen LogP contribution in [0.4, 0.5) is 13.2 Å². The zero-order valence-electron chi connectivity index (χ0n) is 16.8. The zero-order valence-corrected chi connectivity index (χ0v) is 17.9. The Morgan fingerprint density at radius 2 is 1.66 bits per heavy atom. The van der Waals surface area contributed by atoms with Crippen LogP contribution in [0.2, 0.25) is 0 Å². The number of ketones is 2. The van der Waals surface area contributed by atoms with Crippen LogP contribution in [-0.2, 0) is 9.59 Å². The lowest BCUT2D eigenvalue weighted by Gasteiger charge is -2.10. The first-order valence-corrected chi connectivity index (χ1v) is 10.2. The number of ether oxygens (including phenoxy) is 1. The number of halogens is 3. The molecule has 166 valence electrons. The first-order valence-electron chi connectivity index (χ1n) is 9.63. The van der Waals surface area contributed by atoms with Crippen LogP contribution in [0.25, 0.3) is 10.8 Å². The van der Waals surface area contributed by atoms with E-state index in [1.807, 2.05) is 39.6 Å². The summed E-state index contributed by atoms with van der Waals surface area (Å²) >= 11 is 0. The Bertz CT molecular complexity index is 1170. The number of benzene rings is 3. The van der Waals surface area contributed by atoms with E-state index in [0.717, 1.165) is 10.8 Å². The average molecular weight is 461 g/mol.